The number of ether oxygens (including phenoxy) is 2. The third-order valence-electron chi connectivity index (χ3n) is 3.02. The Balaban J connectivity index is 2.18. The van der Waals surface area contributed by atoms with E-state index in [1.54, 1.807) is 7.05 Å². The van der Waals surface area contributed by atoms with E-state index >= 15 is 0 Å². The molecule has 7 heteroatoms. The van der Waals surface area contributed by atoms with Crippen LogP contribution in [-0.4, -0.2) is 34.1 Å². The van der Waals surface area contributed by atoms with Gasteiger partial charge < -0.3 is 14.6 Å². The van der Waals surface area contributed by atoms with E-state index in [0.29, 0.717) is 30.4 Å². The third-order valence-corrected chi connectivity index (χ3v) is 3.64. The van der Waals surface area contributed by atoms with Crippen molar-refractivity contribution in [2.24, 2.45) is 7.05 Å². The summed E-state index contributed by atoms with van der Waals surface area (Å²) in [5.74, 6) is 0.174. The topological polar surface area (TPSA) is 73.6 Å². The maximum atomic E-state index is 11.0. The van der Waals surface area contributed by atoms with Gasteiger partial charge in [0, 0.05) is 12.6 Å². The van der Waals surface area contributed by atoms with E-state index < -0.39 is 5.97 Å². The molecule has 2 heterocycles. The van der Waals surface area contributed by atoms with Crippen LogP contribution in [0.1, 0.15) is 10.5 Å². The maximum absolute atomic E-state index is 11.0. The molecule has 1 aliphatic heterocycles. The van der Waals surface area contributed by atoms with E-state index in [1.165, 1.54) is 10.7 Å². The maximum Gasteiger partial charge on any atom is 0.356 e. The minimum absolute atomic E-state index is 0.00380. The fourth-order valence-electron chi connectivity index (χ4n) is 2.13. The number of hydrogen-bond donors (Lipinski definition) is 1. The van der Waals surface area contributed by atoms with Gasteiger partial charge in [0.1, 0.15) is 13.2 Å². The Kier molecular flexibility index (Phi) is 3.13. The standard InChI is InChI=1S/C13H11BrN2O4/c1-16-10(6-9(15-16)13(17)18)7-2-3-8(14)12-11(7)19-4-5-20-12/h2-3,6H,4-5H2,1H3,(H,17,18). The predicted molar refractivity (Wildman–Crippen MR) is 74.3 cm³/mol. The zero-order chi connectivity index (χ0) is 14.3. The van der Waals surface area contributed by atoms with Crippen molar-refractivity contribution in [3.8, 4) is 22.8 Å². The molecule has 0 spiro atoms. The number of aromatic carboxylic acids is 1. The van der Waals surface area contributed by atoms with Gasteiger partial charge in [0.25, 0.3) is 0 Å². The summed E-state index contributed by atoms with van der Waals surface area (Å²) in [7, 11) is 1.69. The number of carboxylic acids is 1. The van der Waals surface area contributed by atoms with Gasteiger partial charge in [0.15, 0.2) is 17.2 Å². The van der Waals surface area contributed by atoms with Crippen molar-refractivity contribution in [3.05, 3.63) is 28.4 Å². The summed E-state index contributed by atoms with van der Waals surface area (Å²) >= 11 is 3.41. The Labute approximate surface area is 123 Å². The van der Waals surface area contributed by atoms with Crippen LogP contribution in [0.2, 0.25) is 0 Å². The zero-order valence-electron chi connectivity index (χ0n) is 10.6. The number of halogens is 1. The molecule has 0 unspecified atom stereocenters. The molecular formula is C13H11BrN2O4. The first-order valence-electron chi connectivity index (χ1n) is 5.93. The molecule has 0 saturated carbocycles. The lowest BCUT2D eigenvalue weighted by Gasteiger charge is -2.22. The molecule has 1 aromatic carbocycles. The highest BCUT2D eigenvalue weighted by molar-refractivity contribution is 9.10. The number of hydrogen-bond acceptors (Lipinski definition) is 4. The van der Waals surface area contributed by atoms with Gasteiger partial charge in [0.05, 0.1) is 10.2 Å². The predicted octanol–water partition coefficient (Wildman–Crippen LogP) is 2.32. The highest BCUT2D eigenvalue weighted by Crippen LogP contribution is 2.44. The molecule has 0 fully saturated rings. The number of carboxylic acid groups (broad SMARTS) is 1. The Morgan fingerprint density at radius 2 is 2.05 bits per heavy atom. The van der Waals surface area contributed by atoms with Gasteiger partial charge in [-0.25, -0.2) is 4.79 Å². The van der Waals surface area contributed by atoms with Crippen molar-refractivity contribution >= 4 is 21.9 Å². The molecule has 1 aliphatic rings. The molecule has 0 bridgehead atoms. The number of aryl methyl sites for hydroxylation is 1. The van der Waals surface area contributed by atoms with Crippen molar-refractivity contribution < 1.29 is 19.4 Å². The largest absolute Gasteiger partial charge is 0.485 e. The summed E-state index contributed by atoms with van der Waals surface area (Å²) in [6, 6.07) is 5.21. The van der Waals surface area contributed by atoms with Crippen LogP contribution in [0.4, 0.5) is 0 Å². The van der Waals surface area contributed by atoms with E-state index in [1.807, 2.05) is 12.1 Å². The second-order valence-corrected chi connectivity index (χ2v) is 5.15. The third kappa shape index (κ3) is 2.03. The van der Waals surface area contributed by atoms with Crippen LogP contribution in [0, 0.1) is 0 Å². The average Bonchev–Trinajstić information content (AvgIpc) is 2.82. The number of nitrogens with zero attached hydrogens (tertiary/aromatic N) is 2. The molecule has 1 N–H and O–H groups in total. The second kappa shape index (κ2) is 4.82. The Morgan fingerprint density at radius 3 is 2.70 bits per heavy atom. The highest BCUT2D eigenvalue weighted by Gasteiger charge is 2.23. The fraction of sp³-hybridized carbons (Fsp3) is 0.231. The second-order valence-electron chi connectivity index (χ2n) is 4.29. The van der Waals surface area contributed by atoms with Crippen molar-refractivity contribution in [2.75, 3.05) is 13.2 Å². The van der Waals surface area contributed by atoms with Crippen LogP contribution < -0.4 is 9.47 Å². The summed E-state index contributed by atoms with van der Waals surface area (Å²) in [5, 5.41) is 13.0. The molecule has 0 amide bonds. The molecule has 1 aromatic heterocycles. The molecule has 104 valence electrons. The lowest BCUT2D eigenvalue weighted by atomic mass is 10.1. The van der Waals surface area contributed by atoms with Crippen LogP contribution in [0.25, 0.3) is 11.3 Å². The molecule has 0 aliphatic carbocycles. The SMILES string of the molecule is Cn1nc(C(=O)O)cc1-c1ccc(Br)c2c1OCCO2. The monoisotopic (exact) mass is 338 g/mol. The number of benzene rings is 1. The van der Waals surface area contributed by atoms with Crippen LogP contribution in [0.5, 0.6) is 11.5 Å². The molecular weight excluding hydrogens is 328 g/mol. The molecule has 0 atom stereocenters. The van der Waals surface area contributed by atoms with E-state index in [0.717, 1.165) is 10.0 Å². The minimum Gasteiger partial charge on any atom is -0.485 e. The van der Waals surface area contributed by atoms with Crippen LogP contribution >= 0.6 is 15.9 Å². The number of fused-ring (bicyclic) bond motifs is 1. The van der Waals surface area contributed by atoms with Crippen LogP contribution in [0.3, 0.4) is 0 Å². The minimum atomic E-state index is -1.06. The smallest absolute Gasteiger partial charge is 0.356 e. The van der Waals surface area contributed by atoms with E-state index in [4.69, 9.17) is 14.6 Å². The fourth-order valence-corrected chi connectivity index (χ4v) is 2.56. The van der Waals surface area contributed by atoms with Gasteiger partial charge in [0.2, 0.25) is 0 Å². The summed E-state index contributed by atoms with van der Waals surface area (Å²) in [4.78, 5) is 11.0. The summed E-state index contributed by atoms with van der Waals surface area (Å²) in [5.41, 5.74) is 1.41. The normalized spacial score (nSPS) is 13.3. The Morgan fingerprint density at radius 1 is 1.35 bits per heavy atom. The van der Waals surface area contributed by atoms with Gasteiger partial charge in [-0.2, -0.15) is 5.10 Å². The van der Waals surface area contributed by atoms with Crippen LogP contribution in [0.15, 0.2) is 22.7 Å². The quantitative estimate of drug-likeness (QED) is 0.909. The average molecular weight is 339 g/mol. The van der Waals surface area contributed by atoms with Gasteiger partial charge in [-0.15, -0.1) is 0 Å². The Bertz CT molecular complexity index is 696. The number of aromatic nitrogens is 2. The van der Waals surface area contributed by atoms with Crippen molar-refractivity contribution in [1.82, 2.24) is 9.78 Å². The highest BCUT2D eigenvalue weighted by atomic mass is 79.9. The van der Waals surface area contributed by atoms with Gasteiger partial charge >= 0.3 is 5.97 Å². The van der Waals surface area contributed by atoms with E-state index in [2.05, 4.69) is 21.0 Å². The molecule has 6 nitrogen and oxygen atoms in total. The van der Waals surface area contributed by atoms with Crippen LogP contribution in [-0.2, 0) is 7.05 Å². The first kappa shape index (κ1) is 13.0. The molecule has 0 saturated heterocycles. The molecule has 3 rings (SSSR count). The van der Waals surface area contributed by atoms with E-state index in [-0.39, 0.29) is 5.69 Å². The lowest BCUT2D eigenvalue weighted by Crippen LogP contribution is -2.16. The molecule has 20 heavy (non-hydrogen) atoms. The first-order valence-corrected chi connectivity index (χ1v) is 6.73. The van der Waals surface area contributed by atoms with Gasteiger partial charge in [-0.1, -0.05) is 0 Å². The van der Waals surface area contributed by atoms with Gasteiger partial charge in [-0.05, 0) is 34.1 Å². The molecule has 0 radical (unpaired) electrons. The number of carbonyl (C=O) groups is 1. The Hall–Kier alpha value is -2.02. The van der Waals surface area contributed by atoms with E-state index in [9.17, 15) is 4.79 Å². The number of rotatable bonds is 2. The zero-order valence-corrected chi connectivity index (χ0v) is 12.2. The lowest BCUT2D eigenvalue weighted by molar-refractivity contribution is 0.0689. The summed E-state index contributed by atoms with van der Waals surface area (Å²) in [6.07, 6.45) is 0. The summed E-state index contributed by atoms with van der Waals surface area (Å²) in [6.45, 7) is 0.945. The summed E-state index contributed by atoms with van der Waals surface area (Å²) < 4.78 is 13.6. The van der Waals surface area contributed by atoms with Crippen molar-refractivity contribution in [3.63, 3.8) is 0 Å². The van der Waals surface area contributed by atoms with Gasteiger partial charge in [-0.3, -0.25) is 4.68 Å². The molecule has 2 aromatic rings. The van der Waals surface area contributed by atoms with Crippen molar-refractivity contribution in [1.29, 1.82) is 0 Å². The first-order chi connectivity index (χ1) is 9.58. The van der Waals surface area contributed by atoms with Crippen molar-refractivity contribution in [2.45, 2.75) is 0 Å².